The normalized spacial score (nSPS) is 12.4. The largest absolute Gasteiger partial charge is 0.460 e. The van der Waals surface area contributed by atoms with Gasteiger partial charge in [0.05, 0.1) is 12.1 Å². The summed E-state index contributed by atoms with van der Waals surface area (Å²) in [5, 5.41) is 17.9. The average molecular weight is 290 g/mol. The number of halogens is 3. The first-order valence-electron chi connectivity index (χ1n) is 6.04. The highest BCUT2D eigenvalue weighted by Crippen LogP contribution is 2.34. The van der Waals surface area contributed by atoms with Crippen LogP contribution in [0.1, 0.15) is 46.5 Å². The SMILES string of the molecule is CC(C)(C)OC(=O)CCC(C#N)(C#N)CCC(F)(F)F. The Bertz CT molecular complexity index is 411. The molecule has 4 nitrogen and oxygen atoms in total. The highest BCUT2D eigenvalue weighted by atomic mass is 19.4. The molecule has 0 radical (unpaired) electrons. The van der Waals surface area contributed by atoms with Crippen LogP contribution in [0.2, 0.25) is 0 Å². The van der Waals surface area contributed by atoms with Crippen molar-refractivity contribution in [2.45, 2.75) is 58.2 Å². The zero-order valence-electron chi connectivity index (χ0n) is 11.7. The minimum atomic E-state index is -4.44. The fraction of sp³-hybridized carbons (Fsp3) is 0.769. The molecule has 7 heteroatoms. The third-order valence-electron chi connectivity index (χ3n) is 2.44. The number of esters is 1. The molecule has 0 atom stereocenters. The lowest BCUT2D eigenvalue weighted by atomic mass is 9.82. The molecular formula is C13H17F3N2O2. The van der Waals surface area contributed by atoms with Crippen LogP contribution in [0, 0.1) is 28.1 Å². The van der Waals surface area contributed by atoms with Crippen molar-refractivity contribution in [3.05, 3.63) is 0 Å². The van der Waals surface area contributed by atoms with Gasteiger partial charge in [-0.05, 0) is 33.6 Å². The van der Waals surface area contributed by atoms with Crippen LogP contribution in [0.4, 0.5) is 13.2 Å². The van der Waals surface area contributed by atoms with E-state index in [0.29, 0.717) is 0 Å². The molecule has 112 valence electrons. The maximum absolute atomic E-state index is 12.2. The van der Waals surface area contributed by atoms with Crippen LogP contribution in [0.15, 0.2) is 0 Å². The highest BCUT2D eigenvalue weighted by Gasteiger charge is 2.37. The molecule has 20 heavy (non-hydrogen) atoms. The Morgan fingerprint density at radius 2 is 1.55 bits per heavy atom. The molecule has 0 bridgehead atoms. The third-order valence-corrected chi connectivity index (χ3v) is 2.44. The second-order valence-electron chi connectivity index (χ2n) is 5.51. The zero-order chi connectivity index (χ0) is 16.0. The van der Waals surface area contributed by atoms with Gasteiger partial charge >= 0.3 is 12.1 Å². The van der Waals surface area contributed by atoms with Crippen molar-refractivity contribution in [1.29, 1.82) is 10.5 Å². The maximum Gasteiger partial charge on any atom is 0.389 e. The van der Waals surface area contributed by atoms with E-state index in [4.69, 9.17) is 15.3 Å². The first kappa shape index (κ1) is 18.2. The highest BCUT2D eigenvalue weighted by molar-refractivity contribution is 5.70. The Balaban J connectivity index is 4.61. The number of hydrogen-bond acceptors (Lipinski definition) is 4. The number of nitrogens with zero attached hydrogens (tertiary/aromatic N) is 2. The monoisotopic (exact) mass is 290 g/mol. The van der Waals surface area contributed by atoms with Crippen LogP contribution in [0.5, 0.6) is 0 Å². The van der Waals surface area contributed by atoms with Crippen molar-refractivity contribution < 1.29 is 22.7 Å². The van der Waals surface area contributed by atoms with Crippen molar-refractivity contribution >= 4 is 5.97 Å². The number of hydrogen-bond donors (Lipinski definition) is 0. The van der Waals surface area contributed by atoms with Crippen molar-refractivity contribution in [1.82, 2.24) is 0 Å². The van der Waals surface area contributed by atoms with E-state index in [-0.39, 0.29) is 12.8 Å². The lowest BCUT2D eigenvalue weighted by molar-refractivity contribution is -0.155. The van der Waals surface area contributed by atoms with E-state index >= 15 is 0 Å². The van der Waals surface area contributed by atoms with Gasteiger partial charge in [0.1, 0.15) is 11.0 Å². The number of alkyl halides is 3. The second kappa shape index (κ2) is 6.60. The van der Waals surface area contributed by atoms with Gasteiger partial charge < -0.3 is 4.74 Å². The molecule has 0 aromatic carbocycles. The Morgan fingerprint density at radius 1 is 1.05 bits per heavy atom. The van der Waals surface area contributed by atoms with E-state index < -0.39 is 36.0 Å². The van der Waals surface area contributed by atoms with Crippen LogP contribution in [-0.4, -0.2) is 17.7 Å². The summed E-state index contributed by atoms with van der Waals surface area (Å²) in [5.74, 6) is -0.639. The summed E-state index contributed by atoms with van der Waals surface area (Å²) in [6, 6.07) is 3.17. The molecule has 0 aliphatic heterocycles. The van der Waals surface area contributed by atoms with Gasteiger partial charge in [-0.15, -0.1) is 0 Å². The Hall–Kier alpha value is -1.76. The summed E-state index contributed by atoms with van der Waals surface area (Å²) < 4.78 is 41.5. The molecule has 0 saturated carbocycles. The van der Waals surface area contributed by atoms with Gasteiger partial charge in [-0.25, -0.2) is 0 Å². The van der Waals surface area contributed by atoms with Crippen LogP contribution < -0.4 is 0 Å². The predicted octanol–water partition coefficient (Wildman–Crippen LogP) is 3.48. The summed E-state index contributed by atoms with van der Waals surface area (Å²) >= 11 is 0. The Kier molecular flexibility index (Phi) is 6.02. The molecule has 0 aliphatic carbocycles. The van der Waals surface area contributed by atoms with E-state index in [2.05, 4.69) is 0 Å². The molecule has 0 fully saturated rings. The van der Waals surface area contributed by atoms with Crippen molar-refractivity contribution in [3.8, 4) is 12.1 Å². The zero-order valence-corrected chi connectivity index (χ0v) is 11.7. The molecule has 0 amide bonds. The van der Waals surface area contributed by atoms with Crippen LogP contribution in [0.25, 0.3) is 0 Å². The predicted molar refractivity (Wildman–Crippen MR) is 64.0 cm³/mol. The average Bonchev–Trinajstić information content (AvgIpc) is 2.27. The molecule has 0 aromatic rings. The molecule has 0 heterocycles. The second-order valence-corrected chi connectivity index (χ2v) is 5.51. The van der Waals surface area contributed by atoms with E-state index in [1.54, 1.807) is 32.9 Å². The number of carbonyl (C=O) groups is 1. The van der Waals surface area contributed by atoms with Crippen LogP contribution in [0.3, 0.4) is 0 Å². The van der Waals surface area contributed by atoms with Gasteiger partial charge in [0.25, 0.3) is 0 Å². The fourth-order valence-corrected chi connectivity index (χ4v) is 1.44. The van der Waals surface area contributed by atoms with Gasteiger partial charge in [0.2, 0.25) is 0 Å². The summed E-state index contributed by atoms with van der Waals surface area (Å²) in [6.45, 7) is 4.95. The molecule has 0 aliphatic rings. The van der Waals surface area contributed by atoms with Gasteiger partial charge in [0.15, 0.2) is 0 Å². The molecule has 0 rings (SSSR count). The van der Waals surface area contributed by atoms with Crippen LogP contribution in [-0.2, 0) is 9.53 Å². The fourth-order valence-electron chi connectivity index (χ4n) is 1.44. The van der Waals surface area contributed by atoms with Crippen LogP contribution >= 0.6 is 0 Å². The Morgan fingerprint density at radius 3 is 1.90 bits per heavy atom. The van der Waals surface area contributed by atoms with E-state index in [9.17, 15) is 18.0 Å². The van der Waals surface area contributed by atoms with E-state index in [1.807, 2.05) is 0 Å². The lowest BCUT2D eigenvalue weighted by Gasteiger charge is -2.22. The summed E-state index contributed by atoms with van der Waals surface area (Å²) in [5.41, 5.74) is -2.53. The molecule has 0 unspecified atom stereocenters. The smallest absolute Gasteiger partial charge is 0.389 e. The minimum Gasteiger partial charge on any atom is -0.460 e. The molecular weight excluding hydrogens is 273 g/mol. The molecule has 0 N–H and O–H groups in total. The summed E-state index contributed by atoms with van der Waals surface area (Å²) in [6.07, 6.45) is -6.86. The topological polar surface area (TPSA) is 73.9 Å². The Labute approximate surface area is 116 Å². The van der Waals surface area contributed by atoms with Crippen molar-refractivity contribution in [3.63, 3.8) is 0 Å². The van der Waals surface area contributed by atoms with Crippen molar-refractivity contribution in [2.24, 2.45) is 5.41 Å². The van der Waals surface area contributed by atoms with Gasteiger partial charge in [-0.3, -0.25) is 4.79 Å². The lowest BCUT2D eigenvalue weighted by Crippen LogP contribution is -2.26. The quantitative estimate of drug-likeness (QED) is 0.726. The summed E-state index contributed by atoms with van der Waals surface area (Å²) in [7, 11) is 0. The number of nitriles is 2. The van der Waals surface area contributed by atoms with Crippen molar-refractivity contribution in [2.75, 3.05) is 0 Å². The number of rotatable bonds is 5. The number of carbonyl (C=O) groups excluding carboxylic acids is 1. The van der Waals surface area contributed by atoms with E-state index in [0.717, 1.165) is 0 Å². The van der Waals surface area contributed by atoms with Gasteiger partial charge in [-0.1, -0.05) is 0 Å². The minimum absolute atomic E-state index is 0.268. The first-order chi connectivity index (χ1) is 8.93. The third kappa shape index (κ3) is 7.63. The molecule has 0 saturated heterocycles. The summed E-state index contributed by atoms with van der Waals surface area (Å²) in [4.78, 5) is 11.5. The first-order valence-corrected chi connectivity index (χ1v) is 6.04. The molecule has 0 aromatic heterocycles. The van der Waals surface area contributed by atoms with Gasteiger partial charge in [0, 0.05) is 12.8 Å². The van der Waals surface area contributed by atoms with E-state index in [1.165, 1.54) is 0 Å². The standard InChI is InChI=1S/C13H17F3N2O2/c1-11(2,3)20-10(19)4-5-12(8-17,9-18)6-7-13(14,15)16/h4-7H2,1-3H3. The molecule has 0 spiro atoms. The van der Waals surface area contributed by atoms with Gasteiger partial charge in [-0.2, -0.15) is 23.7 Å². The maximum atomic E-state index is 12.2. The number of ether oxygens (including phenoxy) is 1.